The van der Waals surface area contributed by atoms with E-state index in [4.69, 9.17) is 0 Å². The summed E-state index contributed by atoms with van der Waals surface area (Å²) in [6, 6.07) is 0. The molecule has 0 aromatic carbocycles. The number of ketones is 1. The number of hydrogen-bond donors (Lipinski definition) is 0. The first kappa shape index (κ1) is 9.95. The molecule has 0 aliphatic heterocycles. The topological polar surface area (TPSA) is 17.1 Å². The number of carbonyl (C=O) groups is 1. The van der Waals surface area contributed by atoms with E-state index in [1.165, 1.54) is 0 Å². The third-order valence-corrected chi connectivity index (χ3v) is 4.36. The van der Waals surface area contributed by atoms with Crippen molar-refractivity contribution in [1.82, 2.24) is 0 Å². The minimum Gasteiger partial charge on any atom is -0.299 e. The molecule has 2 rings (SSSR count). The fourth-order valence-electron chi connectivity index (χ4n) is 3.49. The van der Waals surface area contributed by atoms with Crippen LogP contribution in [0.1, 0.15) is 40.0 Å². The molecule has 14 heavy (non-hydrogen) atoms. The molecule has 0 spiro atoms. The minimum absolute atomic E-state index is 0.0232. The van der Waals surface area contributed by atoms with Crippen LogP contribution in [0.5, 0.6) is 0 Å². The van der Waals surface area contributed by atoms with E-state index in [-0.39, 0.29) is 5.41 Å². The van der Waals surface area contributed by atoms with Crippen LogP contribution in [0.25, 0.3) is 0 Å². The van der Waals surface area contributed by atoms with Crippen LogP contribution >= 0.6 is 0 Å². The molecule has 0 radical (unpaired) electrons. The molecule has 0 aromatic heterocycles. The highest BCUT2D eigenvalue weighted by molar-refractivity contribution is 5.95. The summed E-state index contributed by atoms with van der Waals surface area (Å²) in [5, 5.41) is 0. The largest absolute Gasteiger partial charge is 0.299 e. The first-order valence-electron chi connectivity index (χ1n) is 5.85. The quantitative estimate of drug-likeness (QED) is 0.614. The molecule has 3 unspecified atom stereocenters. The SMILES string of the molecule is CCC1C(=O)C2(C(C)C)CCC=CC12. The van der Waals surface area contributed by atoms with Gasteiger partial charge in [-0.1, -0.05) is 32.9 Å². The summed E-state index contributed by atoms with van der Waals surface area (Å²) in [4.78, 5) is 12.2. The molecule has 0 heterocycles. The number of allylic oxidation sites excluding steroid dienone is 2. The highest BCUT2D eigenvalue weighted by Crippen LogP contribution is 2.58. The van der Waals surface area contributed by atoms with E-state index in [0.717, 1.165) is 19.3 Å². The molecule has 1 saturated carbocycles. The van der Waals surface area contributed by atoms with E-state index in [2.05, 4.69) is 32.9 Å². The van der Waals surface area contributed by atoms with Crippen molar-refractivity contribution in [1.29, 1.82) is 0 Å². The van der Waals surface area contributed by atoms with E-state index in [0.29, 0.717) is 23.5 Å². The smallest absolute Gasteiger partial charge is 0.143 e. The van der Waals surface area contributed by atoms with E-state index in [1.54, 1.807) is 0 Å². The Labute approximate surface area is 86.6 Å². The van der Waals surface area contributed by atoms with Crippen molar-refractivity contribution in [3.05, 3.63) is 12.2 Å². The fourth-order valence-corrected chi connectivity index (χ4v) is 3.49. The van der Waals surface area contributed by atoms with Gasteiger partial charge in [-0.2, -0.15) is 0 Å². The average molecular weight is 192 g/mol. The number of Topliss-reactive ketones (excluding diaryl/α,β-unsaturated/α-hetero) is 1. The second kappa shape index (κ2) is 3.22. The lowest BCUT2D eigenvalue weighted by Crippen LogP contribution is -2.60. The maximum Gasteiger partial charge on any atom is 0.143 e. The van der Waals surface area contributed by atoms with Gasteiger partial charge in [0.2, 0.25) is 0 Å². The van der Waals surface area contributed by atoms with Crippen molar-refractivity contribution >= 4 is 5.78 Å². The first-order chi connectivity index (χ1) is 6.64. The molecule has 3 atom stereocenters. The van der Waals surface area contributed by atoms with Crippen LogP contribution in [-0.2, 0) is 4.79 Å². The van der Waals surface area contributed by atoms with Gasteiger partial charge in [0.25, 0.3) is 0 Å². The van der Waals surface area contributed by atoms with Crippen molar-refractivity contribution in [3.8, 4) is 0 Å². The fraction of sp³-hybridized carbons (Fsp3) is 0.769. The highest BCUT2D eigenvalue weighted by Gasteiger charge is 2.61. The lowest BCUT2D eigenvalue weighted by Gasteiger charge is -2.56. The molecule has 2 aliphatic rings. The van der Waals surface area contributed by atoms with Crippen molar-refractivity contribution < 1.29 is 4.79 Å². The Morgan fingerprint density at radius 2 is 2.29 bits per heavy atom. The zero-order valence-corrected chi connectivity index (χ0v) is 9.42. The molecule has 1 fully saturated rings. The lowest BCUT2D eigenvalue weighted by atomic mass is 9.45. The van der Waals surface area contributed by atoms with Gasteiger partial charge in [0.05, 0.1) is 0 Å². The molecule has 1 nitrogen and oxygen atoms in total. The maximum absolute atomic E-state index is 12.2. The predicted molar refractivity (Wildman–Crippen MR) is 57.9 cm³/mol. The second-order valence-corrected chi connectivity index (χ2v) is 5.07. The molecular formula is C13H20O. The number of rotatable bonds is 2. The number of hydrogen-bond acceptors (Lipinski definition) is 1. The van der Waals surface area contributed by atoms with Crippen LogP contribution in [0.15, 0.2) is 12.2 Å². The Kier molecular flexibility index (Phi) is 2.29. The lowest BCUT2D eigenvalue weighted by molar-refractivity contribution is -0.161. The Morgan fingerprint density at radius 1 is 1.57 bits per heavy atom. The zero-order valence-electron chi connectivity index (χ0n) is 9.42. The van der Waals surface area contributed by atoms with Crippen LogP contribution in [-0.4, -0.2) is 5.78 Å². The third kappa shape index (κ3) is 0.986. The zero-order chi connectivity index (χ0) is 10.3. The van der Waals surface area contributed by atoms with Gasteiger partial charge in [-0.05, 0) is 31.1 Å². The van der Waals surface area contributed by atoms with E-state index in [1.807, 2.05) is 0 Å². The first-order valence-corrected chi connectivity index (χ1v) is 5.85. The molecule has 0 N–H and O–H groups in total. The Morgan fingerprint density at radius 3 is 2.86 bits per heavy atom. The molecule has 0 aromatic rings. The predicted octanol–water partition coefficient (Wildman–Crippen LogP) is 3.20. The monoisotopic (exact) mass is 192 g/mol. The maximum atomic E-state index is 12.2. The van der Waals surface area contributed by atoms with Gasteiger partial charge in [0.1, 0.15) is 5.78 Å². The van der Waals surface area contributed by atoms with Gasteiger partial charge >= 0.3 is 0 Å². The summed E-state index contributed by atoms with van der Waals surface area (Å²) >= 11 is 0. The van der Waals surface area contributed by atoms with Gasteiger partial charge in [0.15, 0.2) is 0 Å². The Bertz CT molecular complexity index is 277. The van der Waals surface area contributed by atoms with E-state index >= 15 is 0 Å². The summed E-state index contributed by atoms with van der Waals surface area (Å²) in [6.45, 7) is 6.54. The number of fused-ring (bicyclic) bond motifs is 1. The standard InChI is InChI=1S/C13H20O/c1-4-10-11-7-5-6-8-13(11,9(2)3)12(10)14/h5,7,9-11H,4,6,8H2,1-3H3. The third-order valence-electron chi connectivity index (χ3n) is 4.36. The molecule has 0 saturated heterocycles. The summed E-state index contributed by atoms with van der Waals surface area (Å²) < 4.78 is 0. The summed E-state index contributed by atoms with van der Waals surface area (Å²) in [5.74, 6) is 1.93. The van der Waals surface area contributed by atoms with Gasteiger partial charge in [-0.25, -0.2) is 0 Å². The van der Waals surface area contributed by atoms with Gasteiger partial charge in [-0.15, -0.1) is 0 Å². The minimum atomic E-state index is 0.0232. The molecule has 1 heteroatoms. The van der Waals surface area contributed by atoms with Crippen LogP contribution in [0, 0.1) is 23.2 Å². The van der Waals surface area contributed by atoms with Crippen LogP contribution in [0.4, 0.5) is 0 Å². The second-order valence-electron chi connectivity index (χ2n) is 5.07. The summed E-state index contributed by atoms with van der Waals surface area (Å²) in [7, 11) is 0. The molecular weight excluding hydrogens is 172 g/mol. The number of carbonyl (C=O) groups excluding carboxylic acids is 1. The summed E-state index contributed by atoms with van der Waals surface area (Å²) in [5.41, 5.74) is 0.0232. The van der Waals surface area contributed by atoms with Gasteiger partial charge in [-0.3, -0.25) is 4.79 Å². The van der Waals surface area contributed by atoms with Crippen molar-refractivity contribution in [2.24, 2.45) is 23.2 Å². The molecule has 78 valence electrons. The molecule has 0 bridgehead atoms. The highest BCUT2D eigenvalue weighted by atomic mass is 16.1. The Balaban J connectivity index is 2.31. The van der Waals surface area contributed by atoms with Crippen molar-refractivity contribution in [2.75, 3.05) is 0 Å². The normalized spacial score (nSPS) is 41.0. The van der Waals surface area contributed by atoms with Crippen LogP contribution in [0.2, 0.25) is 0 Å². The average Bonchev–Trinajstić information content (AvgIpc) is 2.17. The van der Waals surface area contributed by atoms with Crippen LogP contribution < -0.4 is 0 Å². The van der Waals surface area contributed by atoms with Crippen molar-refractivity contribution in [2.45, 2.75) is 40.0 Å². The van der Waals surface area contributed by atoms with Gasteiger partial charge < -0.3 is 0 Å². The molecule has 0 amide bonds. The summed E-state index contributed by atoms with van der Waals surface area (Å²) in [6.07, 6.45) is 7.76. The Hall–Kier alpha value is -0.590. The van der Waals surface area contributed by atoms with Gasteiger partial charge in [0, 0.05) is 11.3 Å². The van der Waals surface area contributed by atoms with E-state index in [9.17, 15) is 4.79 Å². The van der Waals surface area contributed by atoms with E-state index < -0.39 is 0 Å². The van der Waals surface area contributed by atoms with Crippen LogP contribution in [0.3, 0.4) is 0 Å². The van der Waals surface area contributed by atoms with Crippen molar-refractivity contribution in [3.63, 3.8) is 0 Å². The molecule has 2 aliphatic carbocycles.